The number of benzene rings is 1. The molecule has 1 aromatic rings. The molecule has 3 heteroatoms. The Kier molecular flexibility index (Phi) is 3.98. The minimum atomic E-state index is 0.0858. The van der Waals surface area contributed by atoms with Gasteiger partial charge in [-0.3, -0.25) is 4.79 Å². The van der Waals surface area contributed by atoms with Crippen molar-refractivity contribution < 1.29 is 4.79 Å². The van der Waals surface area contributed by atoms with Crippen LogP contribution in [0.3, 0.4) is 0 Å². The number of anilines is 1. The Morgan fingerprint density at radius 2 is 1.93 bits per heavy atom. The van der Waals surface area contributed by atoms with Gasteiger partial charge < -0.3 is 10.6 Å². The molecule has 0 bridgehead atoms. The third-order valence-electron chi connectivity index (χ3n) is 2.05. The van der Waals surface area contributed by atoms with Crippen LogP contribution in [0, 0.1) is 0 Å². The topological polar surface area (TPSA) is 41.1 Å². The number of amides is 1. The van der Waals surface area contributed by atoms with Crippen molar-refractivity contribution in [1.29, 1.82) is 0 Å². The number of nitrogens with one attached hydrogen (secondary N) is 2. The summed E-state index contributed by atoms with van der Waals surface area (Å²) in [7, 11) is 1.88. The summed E-state index contributed by atoms with van der Waals surface area (Å²) < 4.78 is 0. The molecule has 0 heterocycles. The van der Waals surface area contributed by atoms with Gasteiger partial charge in [0.25, 0.3) is 0 Å². The fourth-order valence-electron chi connectivity index (χ4n) is 1.11. The fraction of sp³-hybridized carbons (Fsp3) is 0.364. The summed E-state index contributed by atoms with van der Waals surface area (Å²) in [4.78, 5) is 11.0. The molecule has 1 rings (SSSR count). The highest BCUT2D eigenvalue weighted by atomic mass is 16.1. The van der Waals surface area contributed by atoms with Gasteiger partial charge in [0, 0.05) is 25.7 Å². The second kappa shape index (κ2) is 5.27. The molecule has 0 spiro atoms. The highest BCUT2D eigenvalue weighted by Gasteiger charge is 1.97. The van der Waals surface area contributed by atoms with Gasteiger partial charge in [0.1, 0.15) is 0 Å². The molecule has 2 N–H and O–H groups in total. The molecule has 0 radical (unpaired) electrons. The molecule has 14 heavy (non-hydrogen) atoms. The summed E-state index contributed by atoms with van der Waals surface area (Å²) in [6.45, 7) is 2.45. The first-order chi connectivity index (χ1) is 6.76. The lowest BCUT2D eigenvalue weighted by Crippen LogP contribution is -2.21. The van der Waals surface area contributed by atoms with Crippen molar-refractivity contribution in [2.75, 3.05) is 12.4 Å². The molecule has 0 aliphatic heterocycles. The maximum Gasteiger partial charge on any atom is 0.219 e. The lowest BCUT2D eigenvalue weighted by atomic mass is 10.2. The minimum absolute atomic E-state index is 0.0858. The van der Waals surface area contributed by atoms with Gasteiger partial charge in [-0.25, -0.2) is 0 Å². The van der Waals surface area contributed by atoms with E-state index < -0.39 is 0 Å². The lowest BCUT2D eigenvalue weighted by molar-refractivity contribution is -0.120. The van der Waals surface area contributed by atoms with E-state index in [1.807, 2.05) is 38.2 Å². The highest BCUT2D eigenvalue weighted by molar-refractivity contribution is 5.75. The minimum Gasteiger partial charge on any atom is -0.388 e. The van der Waals surface area contributed by atoms with Crippen LogP contribution in [0.4, 0.5) is 5.69 Å². The van der Waals surface area contributed by atoms with Crippen molar-refractivity contribution in [3.8, 4) is 0 Å². The van der Waals surface area contributed by atoms with Gasteiger partial charge in [0.15, 0.2) is 0 Å². The van der Waals surface area contributed by atoms with E-state index in [0.717, 1.165) is 11.3 Å². The van der Waals surface area contributed by atoms with Crippen LogP contribution in [0.15, 0.2) is 24.3 Å². The number of rotatable bonds is 4. The first-order valence-corrected chi connectivity index (χ1v) is 4.79. The van der Waals surface area contributed by atoms with E-state index in [0.29, 0.717) is 13.0 Å². The van der Waals surface area contributed by atoms with Crippen LogP contribution >= 0.6 is 0 Å². The zero-order valence-electron chi connectivity index (χ0n) is 8.63. The predicted molar refractivity (Wildman–Crippen MR) is 58.1 cm³/mol. The van der Waals surface area contributed by atoms with Crippen LogP contribution in [0.5, 0.6) is 0 Å². The Balaban J connectivity index is 2.47. The van der Waals surface area contributed by atoms with Crippen molar-refractivity contribution in [1.82, 2.24) is 5.32 Å². The SMILES string of the molecule is CCC(=O)NCc1ccc(NC)cc1. The largest absolute Gasteiger partial charge is 0.388 e. The van der Waals surface area contributed by atoms with Crippen molar-refractivity contribution in [2.45, 2.75) is 19.9 Å². The van der Waals surface area contributed by atoms with Crippen molar-refractivity contribution in [2.24, 2.45) is 0 Å². The van der Waals surface area contributed by atoms with Crippen molar-refractivity contribution in [3.05, 3.63) is 29.8 Å². The van der Waals surface area contributed by atoms with Gasteiger partial charge in [-0.1, -0.05) is 19.1 Å². The summed E-state index contributed by atoms with van der Waals surface area (Å²) in [6, 6.07) is 7.99. The molecular weight excluding hydrogens is 176 g/mol. The number of hydrogen-bond acceptors (Lipinski definition) is 2. The first-order valence-electron chi connectivity index (χ1n) is 4.79. The molecule has 0 saturated heterocycles. The predicted octanol–water partition coefficient (Wildman–Crippen LogP) is 1.75. The second-order valence-electron chi connectivity index (χ2n) is 3.08. The summed E-state index contributed by atoms with van der Waals surface area (Å²) in [5, 5.41) is 5.87. The van der Waals surface area contributed by atoms with Gasteiger partial charge in [-0.15, -0.1) is 0 Å². The molecular formula is C11H16N2O. The van der Waals surface area contributed by atoms with E-state index >= 15 is 0 Å². The van der Waals surface area contributed by atoms with E-state index in [1.165, 1.54) is 0 Å². The molecule has 0 aliphatic rings. The van der Waals surface area contributed by atoms with Gasteiger partial charge in [-0.05, 0) is 17.7 Å². The molecule has 0 atom stereocenters. The van der Waals surface area contributed by atoms with Gasteiger partial charge >= 0.3 is 0 Å². The third kappa shape index (κ3) is 3.09. The van der Waals surface area contributed by atoms with Crippen LogP contribution in [-0.2, 0) is 11.3 Å². The van der Waals surface area contributed by atoms with Crippen LogP contribution in [0.2, 0.25) is 0 Å². The Morgan fingerprint density at radius 3 is 2.43 bits per heavy atom. The summed E-state index contributed by atoms with van der Waals surface area (Å²) in [6.07, 6.45) is 0.536. The van der Waals surface area contributed by atoms with E-state index in [2.05, 4.69) is 10.6 Å². The van der Waals surface area contributed by atoms with Crippen molar-refractivity contribution in [3.63, 3.8) is 0 Å². The van der Waals surface area contributed by atoms with Gasteiger partial charge in [-0.2, -0.15) is 0 Å². The van der Waals surface area contributed by atoms with Crippen molar-refractivity contribution >= 4 is 11.6 Å². The van der Waals surface area contributed by atoms with Crippen LogP contribution in [-0.4, -0.2) is 13.0 Å². The van der Waals surface area contributed by atoms with E-state index in [1.54, 1.807) is 0 Å². The molecule has 0 aromatic heterocycles. The highest BCUT2D eigenvalue weighted by Crippen LogP contribution is 2.07. The molecule has 76 valence electrons. The molecule has 0 saturated carbocycles. The number of carbonyl (C=O) groups excluding carboxylic acids is 1. The van der Waals surface area contributed by atoms with Crippen LogP contribution in [0.25, 0.3) is 0 Å². The Bertz CT molecular complexity index is 293. The number of carbonyl (C=O) groups is 1. The zero-order valence-corrected chi connectivity index (χ0v) is 8.63. The maximum absolute atomic E-state index is 11.0. The molecule has 0 aliphatic carbocycles. The van der Waals surface area contributed by atoms with Gasteiger partial charge in [0.05, 0.1) is 0 Å². The van der Waals surface area contributed by atoms with E-state index in [-0.39, 0.29) is 5.91 Å². The summed E-state index contributed by atoms with van der Waals surface area (Å²) >= 11 is 0. The lowest BCUT2D eigenvalue weighted by Gasteiger charge is -2.05. The van der Waals surface area contributed by atoms with Crippen LogP contribution in [0.1, 0.15) is 18.9 Å². The maximum atomic E-state index is 11.0. The molecule has 3 nitrogen and oxygen atoms in total. The Hall–Kier alpha value is -1.51. The molecule has 1 aromatic carbocycles. The number of hydrogen-bond donors (Lipinski definition) is 2. The standard InChI is InChI=1S/C11H16N2O/c1-3-11(14)13-8-9-4-6-10(12-2)7-5-9/h4-7,12H,3,8H2,1-2H3,(H,13,14). The van der Waals surface area contributed by atoms with Crippen LogP contribution < -0.4 is 10.6 Å². The molecule has 0 unspecified atom stereocenters. The fourth-order valence-corrected chi connectivity index (χ4v) is 1.11. The first kappa shape index (κ1) is 10.6. The van der Waals surface area contributed by atoms with E-state index in [9.17, 15) is 4.79 Å². The monoisotopic (exact) mass is 192 g/mol. The average Bonchev–Trinajstić information content (AvgIpc) is 2.26. The second-order valence-corrected chi connectivity index (χ2v) is 3.08. The normalized spacial score (nSPS) is 9.57. The summed E-state index contributed by atoms with van der Waals surface area (Å²) in [5.74, 6) is 0.0858. The average molecular weight is 192 g/mol. The quantitative estimate of drug-likeness (QED) is 0.763. The van der Waals surface area contributed by atoms with E-state index in [4.69, 9.17) is 0 Å². The smallest absolute Gasteiger partial charge is 0.219 e. The van der Waals surface area contributed by atoms with Gasteiger partial charge in [0.2, 0.25) is 5.91 Å². The Labute approximate surface area is 84.5 Å². The Morgan fingerprint density at radius 1 is 1.29 bits per heavy atom. The molecule has 1 amide bonds. The molecule has 0 fully saturated rings. The zero-order chi connectivity index (χ0) is 10.4. The third-order valence-corrected chi connectivity index (χ3v) is 2.05. The summed E-state index contributed by atoms with van der Waals surface area (Å²) in [5.41, 5.74) is 2.20.